The van der Waals surface area contributed by atoms with Gasteiger partial charge in [0.15, 0.2) is 0 Å². The third-order valence-electron chi connectivity index (χ3n) is 3.71. The smallest absolute Gasteiger partial charge is 0.330 e. The first-order valence-electron chi connectivity index (χ1n) is 7.18. The Labute approximate surface area is 135 Å². The van der Waals surface area contributed by atoms with E-state index in [1.54, 1.807) is 19.1 Å². The van der Waals surface area contributed by atoms with Gasteiger partial charge >= 0.3 is 5.97 Å². The Hall–Kier alpha value is -2.41. The lowest BCUT2D eigenvalue weighted by atomic mass is 9.92. The van der Waals surface area contributed by atoms with E-state index in [4.69, 9.17) is 0 Å². The second kappa shape index (κ2) is 7.73. The van der Waals surface area contributed by atoms with Crippen LogP contribution in [0.15, 0.2) is 24.3 Å². The molecule has 0 saturated heterocycles. The number of anilines is 1. The maximum absolute atomic E-state index is 11.2. The van der Waals surface area contributed by atoms with Gasteiger partial charge in [0.05, 0.1) is 17.6 Å². The number of hydrogen-bond acceptors (Lipinski definition) is 6. The van der Waals surface area contributed by atoms with Crippen molar-refractivity contribution in [1.29, 1.82) is 0 Å². The fraction of sp³-hybridized carbons (Fsp3) is 0.438. The van der Waals surface area contributed by atoms with E-state index in [9.17, 15) is 20.0 Å². The van der Waals surface area contributed by atoms with Crippen LogP contribution in [0.25, 0.3) is 6.08 Å². The van der Waals surface area contributed by atoms with Crippen molar-refractivity contribution < 1.29 is 19.6 Å². The zero-order valence-corrected chi connectivity index (χ0v) is 13.7. The van der Waals surface area contributed by atoms with Gasteiger partial charge in [0.25, 0.3) is 5.69 Å². The molecule has 0 saturated carbocycles. The largest absolute Gasteiger partial charge is 0.466 e. The second-order valence-electron chi connectivity index (χ2n) is 5.76. The SMILES string of the molecule is COC(=O)C=Cc1ccc(NCC(C)(O)C(C)C)c([N+](=O)[O-])c1. The molecule has 0 fully saturated rings. The molecule has 1 aromatic rings. The third-order valence-corrected chi connectivity index (χ3v) is 3.71. The molecule has 0 spiro atoms. The van der Waals surface area contributed by atoms with Crippen LogP contribution in [0.2, 0.25) is 0 Å². The van der Waals surface area contributed by atoms with Gasteiger partial charge in [-0.25, -0.2) is 4.79 Å². The summed E-state index contributed by atoms with van der Waals surface area (Å²) in [7, 11) is 1.25. The van der Waals surface area contributed by atoms with Gasteiger partial charge in [-0.2, -0.15) is 0 Å². The highest BCUT2D eigenvalue weighted by atomic mass is 16.6. The predicted molar refractivity (Wildman–Crippen MR) is 88.1 cm³/mol. The van der Waals surface area contributed by atoms with E-state index in [-0.39, 0.29) is 18.2 Å². The molecule has 0 amide bonds. The molecular formula is C16H22N2O5. The lowest BCUT2D eigenvalue weighted by Crippen LogP contribution is -2.38. The van der Waals surface area contributed by atoms with Gasteiger partial charge in [-0.15, -0.1) is 0 Å². The Kier molecular flexibility index (Phi) is 6.27. The van der Waals surface area contributed by atoms with Crippen LogP contribution in [0.3, 0.4) is 0 Å². The lowest BCUT2D eigenvalue weighted by molar-refractivity contribution is -0.384. The van der Waals surface area contributed by atoms with Crippen LogP contribution in [-0.4, -0.2) is 35.3 Å². The molecular weight excluding hydrogens is 300 g/mol. The Balaban J connectivity index is 2.99. The van der Waals surface area contributed by atoms with E-state index >= 15 is 0 Å². The molecule has 0 aliphatic heterocycles. The first-order chi connectivity index (χ1) is 10.7. The number of nitrogens with one attached hydrogen (secondary N) is 1. The maximum Gasteiger partial charge on any atom is 0.330 e. The lowest BCUT2D eigenvalue weighted by Gasteiger charge is -2.28. The summed E-state index contributed by atoms with van der Waals surface area (Å²) in [6.07, 6.45) is 2.63. The molecule has 1 rings (SSSR count). The van der Waals surface area contributed by atoms with Crippen LogP contribution < -0.4 is 5.32 Å². The minimum atomic E-state index is -0.989. The summed E-state index contributed by atoms with van der Waals surface area (Å²) in [6.45, 7) is 5.60. The molecule has 0 bridgehead atoms. The van der Waals surface area contributed by atoms with Gasteiger partial charge in [-0.3, -0.25) is 10.1 Å². The molecule has 1 aromatic carbocycles. The fourth-order valence-electron chi connectivity index (χ4n) is 1.66. The molecule has 0 aliphatic rings. The molecule has 126 valence electrons. The number of methoxy groups -OCH3 is 1. The van der Waals surface area contributed by atoms with Crippen molar-refractivity contribution in [2.75, 3.05) is 19.0 Å². The minimum absolute atomic E-state index is 0.00341. The highest BCUT2D eigenvalue weighted by Gasteiger charge is 2.25. The Morgan fingerprint density at radius 2 is 2.17 bits per heavy atom. The van der Waals surface area contributed by atoms with E-state index in [1.165, 1.54) is 25.3 Å². The number of nitrogens with zero attached hydrogens (tertiary/aromatic N) is 1. The van der Waals surface area contributed by atoms with Crippen molar-refractivity contribution in [3.63, 3.8) is 0 Å². The summed E-state index contributed by atoms with van der Waals surface area (Å²) in [4.78, 5) is 21.8. The van der Waals surface area contributed by atoms with Gasteiger partial charge in [0.1, 0.15) is 5.69 Å². The molecule has 1 unspecified atom stereocenters. The second-order valence-corrected chi connectivity index (χ2v) is 5.76. The normalized spacial score (nSPS) is 13.8. The van der Waals surface area contributed by atoms with Crippen molar-refractivity contribution in [2.24, 2.45) is 5.92 Å². The van der Waals surface area contributed by atoms with Crippen molar-refractivity contribution in [3.8, 4) is 0 Å². The van der Waals surface area contributed by atoms with Crippen LogP contribution in [0, 0.1) is 16.0 Å². The van der Waals surface area contributed by atoms with Gasteiger partial charge in [-0.1, -0.05) is 19.9 Å². The summed E-state index contributed by atoms with van der Waals surface area (Å²) < 4.78 is 4.47. The van der Waals surface area contributed by atoms with Crippen molar-refractivity contribution >= 4 is 23.4 Å². The molecule has 7 nitrogen and oxygen atoms in total. The van der Waals surface area contributed by atoms with Crippen molar-refractivity contribution in [2.45, 2.75) is 26.4 Å². The number of esters is 1. The van der Waals surface area contributed by atoms with Gasteiger partial charge in [-0.05, 0) is 30.5 Å². The monoisotopic (exact) mass is 322 g/mol. The number of rotatable bonds is 7. The Morgan fingerprint density at radius 1 is 1.52 bits per heavy atom. The van der Waals surface area contributed by atoms with Gasteiger partial charge < -0.3 is 15.2 Å². The van der Waals surface area contributed by atoms with Gasteiger partial charge in [0, 0.05) is 18.7 Å². The van der Waals surface area contributed by atoms with Crippen LogP contribution in [0.1, 0.15) is 26.3 Å². The summed E-state index contributed by atoms with van der Waals surface area (Å²) in [6, 6.07) is 4.54. The van der Waals surface area contributed by atoms with Crippen LogP contribution in [0.4, 0.5) is 11.4 Å². The topological polar surface area (TPSA) is 102 Å². The highest BCUT2D eigenvalue weighted by Crippen LogP contribution is 2.27. The fourth-order valence-corrected chi connectivity index (χ4v) is 1.66. The first kappa shape index (κ1) is 18.6. The standard InChI is InChI=1S/C16H22N2O5/c1-11(2)16(3,20)10-17-13-7-5-12(6-8-15(19)23-4)9-14(13)18(21)22/h5-9,11,17,20H,10H2,1-4H3. The van der Waals surface area contributed by atoms with Crippen LogP contribution >= 0.6 is 0 Å². The van der Waals surface area contributed by atoms with E-state index in [2.05, 4.69) is 10.1 Å². The molecule has 2 N–H and O–H groups in total. The molecule has 1 atom stereocenters. The molecule has 0 aromatic heterocycles. The molecule has 0 radical (unpaired) electrons. The number of carbonyl (C=O) groups excluding carboxylic acids is 1. The summed E-state index contributed by atoms with van der Waals surface area (Å²) in [5.74, 6) is -0.542. The van der Waals surface area contributed by atoms with Crippen LogP contribution in [0.5, 0.6) is 0 Å². The average molecular weight is 322 g/mol. The summed E-state index contributed by atoms with van der Waals surface area (Å²) >= 11 is 0. The third kappa shape index (κ3) is 5.37. The van der Waals surface area contributed by atoms with E-state index < -0.39 is 16.5 Å². The minimum Gasteiger partial charge on any atom is -0.466 e. The summed E-state index contributed by atoms with van der Waals surface area (Å²) in [5, 5.41) is 24.3. The number of nitro groups is 1. The first-order valence-corrected chi connectivity index (χ1v) is 7.18. The quantitative estimate of drug-likeness (QED) is 0.346. The Bertz CT molecular complexity index is 608. The number of nitro benzene ring substituents is 1. The van der Waals surface area contributed by atoms with E-state index in [0.717, 1.165) is 0 Å². The molecule has 0 aliphatic carbocycles. The number of carbonyl (C=O) groups is 1. The maximum atomic E-state index is 11.2. The van der Waals surface area contributed by atoms with E-state index in [0.29, 0.717) is 11.3 Å². The number of benzene rings is 1. The zero-order chi connectivity index (χ0) is 17.6. The molecule has 0 heterocycles. The van der Waals surface area contributed by atoms with Crippen molar-refractivity contribution in [1.82, 2.24) is 0 Å². The van der Waals surface area contributed by atoms with Crippen molar-refractivity contribution in [3.05, 3.63) is 40.0 Å². The zero-order valence-electron chi connectivity index (χ0n) is 13.7. The molecule has 7 heteroatoms. The number of aliphatic hydroxyl groups is 1. The van der Waals surface area contributed by atoms with E-state index in [1.807, 2.05) is 13.8 Å². The molecule has 23 heavy (non-hydrogen) atoms. The number of ether oxygens (including phenoxy) is 1. The average Bonchev–Trinajstić information content (AvgIpc) is 2.50. The Morgan fingerprint density at radius 3 is 2.70 bits per heavy atom. The highest BCUT2D eigenvalue weighted by molar-refractivity contribution is 5.87. The summed E-state index contributed by atoms with van der Waals surface area (Å²) in [5.41, 5.74) is -0.303. The van der Waals surface area contributed by atoms with Crippen LogP contribution in [-0.2, 0) is 9.53 Å². The predicted octanol–water partition coefficient (Wildman–Crippen LogP) is 2.60. The van der Waals surface area contributed by atoms with Gasteiger partial charge in [0.2, 0.25) is 0 Å². The number of hydrogen-bond donors (Lipinski definition) is 2.